The molecule has 14 heteroatoms. The summed E-state index contributed by atoms with van der Waals surface area (Å²) in [5.41, 5.74) is 2.99. The predicted molar refractivity (Wildman–Crippen MR) is 225 cm³/mol. The fourth-order valence-electron chi connectivity index (χ4n) is 5.75. The Morgan fingerprint density at radius 3 is 2.16 bits per heavy atom. The van der Waals surface area contributed by atoms with Crippen molar-refractivity contribution in [1.82, 2.24) is 0 Å². The normalized spacial score (nSPS) is 14.2. The third kappa shape index (κ3) is 10.1. The first-order valence-corrected chi connectivity index (χ1v) is 19.6. The van der Waals surface area contributed by atoms with Gasteiger partial charge in [-0.25, -0.2) is 4.79 Å². The van der Waals surface area contributed by atoms with Crippen molar-refractivity contribution in [3.8, 4) is 11.5 Å². The van der Waals surface area contributed by atoms with Crippen molar-refractivity contribution in [3.63, 3.8) is 0 Å². The Morgan fingerprint density at radius 1 is 0.860 bits per heavy atom. The van der Waals surface area contributed by atoms with E-state index in [2.05, 4.69) is 64.1 Å². The van der Waals surface area contributed by atoms with Crippen LogP contribution in [0.1, 0.15) is 88.4 Å². The lowest BCUT2D eigenvalue weighted by Crippen LogP contribution is -2.38. The Kier molecular flexibility index (Phi) is 13.6. The Bertz CT molecular complexity index is 2180. The maximum atomic E-state index is 13.8. The smallest absolute Gasteiger partial charge is 0.338 e. The van der Waals surface area contributed by atoms with E-state index in [1.807, 2.05) is 6.07 Å². The number of ether oxygens (including phenoxy) is 4. The second-order valence-electron chi connectivity index (χ2n) is 14.6. The van der Waals surface area contributed by atoms with Gasteiger partial charge in [-0.1, -0.05) is 94.5 Å². The molecule has 5 rings (SSSR count). The summed E-state index contributed by atoms with van der Waals surface area (Å²) in [7, 11) is 0. The van der Waals surface area contributed by atoms with Gasteiger partial charge in [0.15, 0.2) is 6.61 Å². The minimum absolute atomic E-state index is 0.0127. The number of anilines is 2. The van der Waals surface area contributed by atoms with E-state index in [1.165, 1.54) is 42.0 Å². The molecule has 2 amide bonds. The van der Waals surface area contributed by atoms with Crippen LogP contribution in [0.3, 0.4) is 0 Å². The second-order valence-corrected chi connectivity index (χ2v) is 15.8. The van der Waals surface area contributed by atoms with Crippen LogP contribution < -0.4 is 19.8 Å². The lowest BCUT2D eigenvalue weighted by atomic mass is 9.76. The van der Waals surface area contributed by atoms with Crippen LogP contribution >= 0.6 is 34.8 Å². The second kappa shape index (κ2) is 18.0. The van der Waals surface area contributed by atoms with Gasteiger partial charge in [0.2, 0.25) is 5.90 Å². The maximum absolute atomic E-state index is 13.8. The summed E-state index contributed by atoms with van der Waals surface area (Å²) >= 11 is 19.0. The monoisotopic (exact) mass is 834 g/mol. The number of amides is 2. The van der Waals surface area contributed by atoms with Crippen LogP contribution in [0.4, 0.5) is 11.4 Å². The minimum Gasteiger partial charge on any atom is -0.483 e. The molecule has 0 fully saturated rings. The van der Waals surface area contributed by atoms with Gasteiger partial charge in [-0.2, -0.15) is 5.01 Å². The predicted octanol–water partition coefficient (Wildman–Crippen LogP) is 10.4. The summed E-state index contributed by atoms with van der Waals surface area (Å²) in [4.78, 5) is 39.2. The lowest BCUT2D eigenvalue weighted by Gasteiger charge is -2.30. The standard InChI is InChI=1S/C43H45Cl3N4O7/c1-8-42(4,5)27-16-19-34(31(21-27)43(6,7)9-2)55-24-35(51)48-29-13-11-12-26(20-29)38(47)57-39-37(56-30-17-14-25(15-18-30)41(53)54-10-3)40(52)50(49-39)36-32(45)22-28(44)23-33(36)46/h11-23,37,47H,8-10,24H2,1-7H3,(H,48,51). The number of rotatable bonds is 14. The number of carbonyl (C=O) groups is 3. The highest BCUT2D eigenvalue weighted by Crippen LogP contribution is 2.40. The molecule has 0 spiro atoms. The third-order valence-corrected chi connectivity index (χ3v) is 10.7. The molecule has 2 N–H and O–H groups in total. The van der Waals surface area contributed by atoms with Crippen molar-refractivity contribution in [3.05, 3.63) is 116 Å². The van der Waals surface area contributed by atoms with Crippen LogP contribution in [0.5, 0.6) is 11.5 Å². The number of nitrogens with one attached hydrogen (secondary N) is 2. The Morgan fingerprint density at radius 2 is 1.53 bits per heavy atom. The quantitative estimate of drug-likeness (QED) is 0.0732. The fraction of sp³-hybridized carbons (Fsp3) is 0.326. The molecule has 1 atom stereocenters. The van der Waals surface area contributed by atoms with Crippen molar-refractivity contribution >= 4 is 75.8 Å². The number of carbonyl (C=O) groups excluding carboxylic acids is 3. The van der Waals surface area contributed by atoms with Gasteiger partial charge in [-0.05, 0) is 96.8 Å². The van der Waals surface area contributed by atoms with Crippen molar-refractivity contribution in [2.75, 3.05) is 23.5 Å². The average Bonchev–Trinajstić information content (AvgIpc) is 3.46. The van der Waals surface area contributed by atoms with Crippen LogP contribution in [-0.2, 0) is 29.9 Å². The molecule has 1 heterocycles. The van der Waals surface area contributed by atoms with E-state index in [1.54, 1.807) is 31.2 Å². The van der Waals surface area contributed by atoms with E-state index in [9.17, 15) is 14.4 Å². The number of hydrazone groups is 1. The molecule has 1 aliphatic rings. The van der Waals surface area contributed by atoms with Crippen LogP contribution in [0.25, 0.3) is 0 Å². The van der Waals surface area contributed by atoms with E-state index in [-0.39, 0.29) is 67.6 Å². The summed E-state index contributed by atoms with van der Waals surface area (Å²) in [5.74, 6) is -1.52. The minimum atomic E-state index is -1.49. The average molecular weight is 836 g/mol. The zero-order chi connectivity index (χ0) is 41.7. The van der Waals surface area contributed by atoms with Gasteiger partial charge in [0, 0.05) is 21.8 Å². The molecule has 11 nitrogen and oxygen atoms in total. The summed E-state index contributed by atoms with van der Waals surface area (Å²) < 4.78 is 23.0. The number of hydrogen-bond acceptors (Lipinski definition) is 9. The third-order valence-electron chi connectivity index (χ3n) is 9.90. The van der Waals surface area contributed by atoms with E-state index < -0.39 is 29.8 Å². The Balaban J connectivity index is 1.34. The molecule has 1 unspecified atom stereocenters. The summed E-state index contributed by atoms with van der Waals surface area (Å²) in [6, 6.07) is 21.4. The first kappa shape index (κ1) is 43.0. The molecule has 0 aliphatic carbocycles. The highest BCUT2D eigenvalue weighted by Gasteiger charge is 2.43. The largest absolute Gasteiger partial charge is 0.483 e. The van der Waals surface area contributed by atoms with E-state index in [0.29, 0.717) is 11.4 Å². The molecule has 300 valence electrons. The number of esters is 1. The van der Waals surface area contributed by atoms with Gasteiger partial charge in [-0.3, -0.25) is 15.0 Å². The molecular weight excluding hydrogens is 791 g/mol. The maximum Gasteiger partial charge on any atom is 0.338 e. The van der Waals surface area contributed by atoms with E-state index in [0.717, 1.165) is 23.4 Å². The molecule has 0 saturated heterocycles. The summed E-state index contributed by atoms with van der Waals surface area (Å²) in [5, 5.41) is 17.2. The molecule has 0 saturated carbocycles. The number of halogens is 3. The molecule has 4 aromatic rings. The number of nitrogens with zero attached hydrogens (tertiary/aromatic N) is 2. The molecule has 0 bridgehead atoms. The van der Waals surface area contributed by atoms with Gasteiger partial charge in [-0.15, -0.1) is 5.10 Å². The SMILES string of the molecule is CCOC(=O)c1ccc(OC2C(=O)N(c3c(Cl)cc(Cl)cc3Cl)N=C2OC(=N)c2cccc(NC(=O)COc3ccc(C(C)(C)CC)cc3C(C)(C)CC)c2)cc1. The van der Waals surface area contributed by atoms with Gasteiger partial charge < -0.3 is 24.3 Å². The topological polar surface area (TPSA) is 140 Å². The fourth-order valence-corrected chi connectivity index (χ4v) is 6.73. The van der Waals surface area contributed by atoms with Crippen LogP contribution in [0.2, 0.25) is 15.1 Å². The molecular formula is C43H45Cl3N4O7. The van der Waals surface area contributed by atoms with Gasteiger partial charge in [0.1, 0.15) is 17.2 Å². The van der Waals surface area contributed by atoms with Crippen molar-refractivity contribution in [2.24, 2.45) is 5.10 Å². The summed E-state index contributed by atoms with van der Waals surface area (Å²) in [6.45, 7) is 14.7. The number of hydrogen-bond donors (Lipinski definition) is 2. The van der Waals surface area contributed by atoms with Crippen molar-refractivity contribution in [2.45, 2.75) is 78.2 Å². The van der Waals surface area contributed by atoms with Crippen molar-refractivity contribution < 1.29 is 33.3 Å². The lowest BCUT2D eigenvalue weighted by molar-refractivity contribution is -0.122. The molecule has 0 radical (unpaired) electrons. The highest BCUT2D eigenvalue weighted by molar-refractivity contribution is 6.42. The van der Waals surface area contributed by atoms with Crippen LogP contribution in [-0.4, -0.2) is 48.9 Å². The molecule has 57 heavy (non-hydrogen) atoms. The van der Waals surface area contributed by atoms with E-state index >= 15 is 0 Å². The van der Waals surface area contributed by atoms with Crippen LogP contribution in [0, 0.1) is 5.41 Å². The number of benzene rings is 4. The van der Waals surface area contributed by atoms with Gasteiger partial charge in [0.05, 0.1) is 22.2 Å². The molecule has 0 aromatic heterocycles. The summed E-state index contributed by atoms with van der Waals surface area (Å²) in [6.07, 6.45) is 0.361. The van der Waals surface area contributed by atoms with Gasteiger partial charge in [0.25, 0.3) is 23.8 Å². The Labute approximate surface area is 347 Å². The molecule has 1 aliphatic heterocycles. The first-order chi connectivity index (χ1) is 27.0. The Hall–Kier alpha value is -5.10. The zero-order valence-electron chi connectivity index (χ0n) is 32.8. The zero-order valence-corrected chi connectivity index (χ0v) is 35.1. The molecule has 4 aromatic carbocycles. The first-order valence-electron chi connectivity index (χ1n) is 18.4. The highest BCUT2D eigenvalue weighted by atomic mass is 35.5. The van der Waals surface area contributed by atoms with Crippen molar-refractivity contribution in [1.29, 1.82) is 5.41 Å². The van der Waals surface area contributed by atoms with Crippen LogP contribution in [0.15, 0.2) is 84.0 Å². The van der Waals surface area contributed by atoms with Gasteiger partial charge >= 0.3 is 5.97 Å². The van der Waals surface area contributed by atoms with E-state index in [4.69, 9.17) is 59.2 Å².